The lowest BCUT2D eigenvalue weighted by Gasteiger charge is -2.27. The number of thiazole rings is 1. The first-order valence-electron chi connectivity index (χ1n) is 12.2. The average molecular weight is 543 g/mol. The molecule has 0 fully saturated rings. The molecule has 1 aliphatic rings. The Morgan fingerprint density at radius 3 is 2.51 bits per heavy atom. The van der Waals surface area contributed by atoms with Crippen molar-refractivity contribution in [2.75, 3.05) is 20.8 Å². The molecule has 4 aromatic rings. The van der Waals surface area contributed by atoms with Crippen molar-refractivity contribution in [2.45, 2.75) is 13.0 Å². The molecule has 1 aromatic heterocycles. The molecule has 0 aliphatic carbocycles. The van der Waals surface area contributed by atoms with E-state index < -0.39 is 12.0 Å². The van der Waals surface area contributed by atoms with Crippen LogP contribution >= 0.6 is 11.3 Å². The van der Waals surface area contributed by atoms with Crippen LogP contribution in [0.1, 0.15) is 29.7 Å². The van der Waals surface area contributed by atoms with E-state index in [-0.39, 0.29) is 23.5 Å². The van der Waals surface area contributed by atoms with Gasteiger partial charge in [-0.3, -0.25) is 9.36 Å². The number of rotatable bonds is 7. The molecule has 0 spiro atoms. The average Bonchev–Trinajstić information content (AvgIpc) is 3.26. The number of phenols is 1. The first-order chi connectivity index (χ1) is 19.0. The maximum absolute atomic E-state index is 14.0. The molecule has 2 heterocycles. The number of phenolic OH excluding ortho intramolecular Hbond substituents is 1. The summed E-state index contributed by atoms with van der Waals surface area (Å²) in [6.45, 7) is 1.88. The van der Waals surface area contributed by atoms with Gasteiger partial charge in [0.15, 0.2) is 16.3 Å². The SMILES string of the molecule is CCOC(=O)C1=C(c2ccccc2)N=c2s/c(=C\c3cccc(O)c3)c(=O)n2C1c1cccc(OC)c1OC. The smallest absolute Gasteiger partial charge is 0.338 e. The number of aromatic hydroxyl groups is 1. The number of fused-ring (bicyclic) bond motifs is 1. The Morgan fingerprint density at radius 2 is 1.82 bits per heavy atom. The van der Waals surface area contributed by atoms with E-state index >= 15 is 0 Å². The molecule has 1 atom stereocenters. The van der Waals surface area contributed by atoms with Gasteiger partial charge in [0.2, 0.25) is 0 Å². The Bertz CT molecular complexity index is 1750. The Labute approximate surface area is 228 Å². The molecule has 9 heteroatoms. The van der Waals surface area contributed by atoms with Gasteiger partial charge < -0.3 is 19.3 Å². The van der Waals surface area contributed by atoms with Gasteiger partial charge in [-0.15, -0.1) is 0 Å². The predicted molar refractivity (Wildman–Crippen MR) is 149 cm³/mol. The zero-order valence-electron chi connectivity index (χ0n) is 21.6. The van der Waals surface area contributed by atoms with E-state index in [1.54, 1.807) is 55.5 Å². The summed E-state index contributed by atoms with van der Waals surface area (Å²) in [5.74, 6) is 0.353. The maximum atomic E-state index is 14.0. The van der Waals surface area contributed by atoms with Crippen molar-refractivity contribution in [3.63, 3.8) is 0 Å². The summed E-state index contributed by atoms with van der Waals surface area (Å²) in [6.07, 6.45) is 1.69. The minimum atomic E-state index is -0.910. The van der Waals surface area contributed by atoms with Crippen molar-refractivity contribution in [1.29, 1.82) is 0 Å². The minimum Gasteiger partial charge on any atom is -0.508 e. The van der Waals surface area contributed by atoms with Gasteiger partial charge in [-0.2, -0.15) is 0 Å². The minimum absolute atomic E-state index is 0.0893. The number of para-hydroxylation sites is 1. The van der Waals surface area contributed by atoms with Gasteiger partial charge in [0.25, 0.3) is 5.56 Å². The lowest BCUT2D eigenvalue weighted by molar-refractivity contribution is -0.138. The second-order valence-electron chi connectivity index (χ2n) is 8.61. The highest BCUT2D eigenvalue weighted by Crippen LogP contribution is 2.42. The monoisotopic (exact) mass is 542 g/mol. The molecular weight excluding hydrogens is 516 g/mol. The number of methoxy groups -OCH3 is 2. The molecule has 1 aliphatic heterocycles. The zero-order chi connectivity index (χ0) is 27.5. The summed E-state index contributed by atoms with van der Waals surface area (Å²) >= 11 is 1.20. The van der Waals surface area contributed by atoms with Crippen molar-refractivity contribution < 1.29 is 24.1 Å². The second-order valence-corrected chi connectivity index (χ2v) is 9.62. The second kappa shape index (κ2) is 11.0. The van der Waals surface area contributed by atoms with E-state index in [9.17, 15) is 14.7 Å². The lowest BCUT2D eigenvalue weighted by Crippen LogP contribution is -2.40. The van der Waals surface area contributed by atoms with Gasteiger partial charge in [-0.25, -0.2) is 9.79 Å². The van der Waals surface area contributed by atoms with Crippen molar-refractivity contribution in [3.8, 4) is 17.2 Å². The van der Waals surface area contributed by atoms with Crippen LogP contribution in [0.25, 0.3) is 11.8 Å². The summed E-state index contributed by atoms with van der Waals surface area (Å²) in [5, 5.41) is 9.93. The fraction of sp³-hybridized carbons (Fsp3) is 0.167. The lowest BCUT2D eigenvalue weighted by atomic mass is 9.92. The Balaban J connectivity index is 1.89. The van der Waals surface area contributed by atoms with Crippen LogP contribution in [0.2, 0.25) is 0 Å². The van der Waals surface area contributed by atoms with Crippen LogP contribution in [0.4, 0.5) is 0 Å². The molecule has 8 nitrogen and oxygen atoms in total. The molecule has 198 valence electrons. The van der Waals surface area contributed by atoms with Crippen molar-refractivity contribution in [1.82, 2.24) is 4.57 Å². The van der Waals surface area contributed by atoms with Crippen LogP contribution in [0.15, 0.2) is 88.2 Å². The quantitative estimate of drug-likeness (QED) is 0.358. The third-order valence-corrected chi connectivity index (χ3v) is 7.25. The molecule has 0 saturated carbocycles. The number of hydrogen-bond donors (Lipinski definition) is 1. The van der Waals surface area contributed by atoms with E-state index in [1.165, 1.54) is 30.1 Å². The third-order valence-electron chi connectivity index (χ3n) is 6.27. The third kappa shape index (κ3) is 4.84. The first-order valence-corrected chi connectivity index (χ1v) is 13.1. The van der Waals surface area contributed by atoms with Gasteiger partial charge in [0, 0.05) is 11.1 Å². The number of esters is 1. The van der Waals surface area contributed by atoms with Crippen molar-refractivity contribution in [3.05, 3.63) is 115 Å². The van der Waals surface area contributed by atoms with Crippen molar-refractivity contribution in [2.24, 2.45) is 4.99 Å². The van der Waals surface area contributed by atoms with Crippen molar-refractivity contribution >= 4 is 29.1 Å². The Hall–Kier alpha value is -4.63. The molecule has 3 aromatic carbocycles. The van der Waals surface area contributed by atoms with Crippen LogP contribution in [-0.2, 0) is 9.53 Å². The summed E-state index contributed by atoms with van der Waals surface area (Å²) in [6, 6.07) is 20.4. The number of carbonyl (C=O) groups is 1. The highest BCUT2D eigenvalue weighted by atomic mass is 32.1. The number of carbonyl (C=O) groups excluding carboxylic acids is 1. The Kier molecular flexibility index (Phi) is 7.33. The summed E-state index contributed by atoms with van der Waals surface area (Å²) in [7, 11) is 3.04. The Morgan fingerprint density at radius 1 is 1.05 bits per heavy atom. The summed E-state index contributed by atoms with van der Waals surface area (Å²) in [4.78, 5) is 32.8. The van der Waals surface area contributed by atoms with E-state index in [0.29, 0.717) is 43.2 Å². The number of benzene rings is 3. The van der Waals surface area contributed by atoms with E-state index in [2.05, 4.69) is 0 Å². The van der Waals surface area contributed by atoms with Crippen LogP contribution in [0, 0.1) is 0 Å². The fourth-order valence-electron chi connectivity index (χ4n) is 4.63. The highest BCUT2D eigenvalue weighted by Gasteiger charge is 2.37. The molecule has 0 radical (unpaired) electrons. The molecule has 0 bridgehead atoms. The van der Waals surface area contributed by atoms with Gasteiger partial charge in [0.1, 0.15) is 11.8 Å². The summed E-state index contributed by atoms with van der Waals surface area (Å²) in [5.41, 5.74) is 2.20. The zero-order valence-corrected chi connectivity index (χ0v) is 22.4. The van der Waals surface area contributed by atoms with Gasteiger partial charge in [-0.05, 0) is 36.8 Å². The predicted octanol–water partition coefficient (Wildman–Crippen LogP) is 3.66. The largest absolute Gasteiger partial charge is 0.508 e. The van der Waals surface area contributed by atoms with Gasteiger partial charge >= 0.3 is 5.97 Å². The number of aromatic nitrogens is 1. The van der Waals surface area contributed by atoms with Gasteiger partial charge in [-0.1, -0.05) is 65.9 Å². The molecule has 0 saturated heterocycles. The highest BCUT2D eigenvalue weighted by molar-refractivity contribution is 7.07. The van der Waals surface area contributed by atoms with Crippen LogP contribution in [0.5, 0.6) is 17.2 Å². The molecule has 1 unspecified atom stereocenters. The van der Waals surface area contributed by atoms with Crippen LogP contribution in [0.3, 0.4) is 0 Å². The van der Waals surface area contributed by atoms with Crippen LogP contribution in [-0.4, -0.2) is 36.5 Å². The maximum Gasteiger partial charge on any atom is 0.338 e. The van der Waals surface area contributed by atoms with E-state index in [4.69, 9.17) is 19.2 Å². The van der Waals surface area contributed by atoms with E-state index in [0.717, 1.165) is 0 Å². The number of hydrogen-bond acceptors (Lipinski definition) is 8. The van der Waals surface area contributed by atoms with E-state index in [1.807, 2.05) is 30.3 Å². The fourth-order valence-corrected chi connectivity index (χ4v) is 5.63. The first kappa shape index (κ1) is 26.0. The topological polar surface area (TPSA) is 99.4 Å². The summed E-state index contributed by atoms with van der Waals surface area (Å²) < 4.78 is 18.7. The molecule has 1 N–H and O–H groups in total. The molecule has 39 heavy (non-hydrogen) atoms. The number of nitrogens with zero attached hydrogens (tertiary/aromatic N) is 2. The normalized spacial score (nSPS) is 14.9. The molecular formula is C30H26N2O6S. The molecule has 0 amide bonds. The standard InChI is InChI=1S/C30H26N2O6S/c1-4-38-29(35)24-25(19-11-6-5-7-12-19)31-30-32(26(24)21-14-9-15-22(36-2)27(21)37-3)28(34)23(39-30)17-18-10-8-13-20(33)16-18/h5-17,26,33H,4H2,1-3H3/b23-17-. The number of ether oxygens (including phenoxy) is 3. The molecule has 5 rings (SSSR count). The van der Waals surface area contributed by atoms with Crippen LogP contribution < -0.4 is 24.4 Å². The van der Waals surface area contributed by atoms with Gasteiger partial charge in [0.05, 0.1) is 36.6 Å².